The van der Waals surface area contributed by atoms with Crippen LogP contribution < -0.4 is 10.6 Å². The summed E-state index contributed by atoms with van der Waals surface area (Å²) in [5.41, 5.74) is 0. The van der Waals surface area contributed by atoms with E-state index in [9.17, 15) is 4.79 Å². The van der Waals surface area contributed by atoms with Crippen molar-refractivity contribution in [3.63, 3.8) is 0 Å². The lowest BCUT2D eigenvalue weighted by atomic mass is 10.4. The number of nitrogens with zero attached hydrogens (tertiary/aromatic N) is 2. The van der Waals surface area contributed by atoms with E-state index < -0.39 is 0 Å². The zero-order valence-corrected chi connectivity index (χ0v) is 8.33. The van der Waals surface area contributed by atoms with Crippen molar-refractivity contribution < 1.29 is 9.21 Å². The van der Waals surface area contributed by atoms with Gasteiger partial charge in [-0.2, -0.15) is 0 Å². The Bertz CT molecular complexity index is 297. The van der Waals surface area contributed by atoms with Crippen LogP contribution in [0.4, 0.5) is 6.01 Å². The monoisotopic (exact) mass is 198 g/mol. The number of nitrogens with one attached hydrogen (secondary N) is 2. The topological polar surface area (TPSA) is 80.0 Å². The summed E-state index contributed by atoms with van der Waals surface area (Å²) in [5.74, 6) is 0.254. The van der Waals surface area contributed by atoms with E-state index in [1.807, 2.05) is 6.92 Å². The van der Waals surface area contributed by atoms with Crippen molar-refractivity contribution in [2.24, 2.45) is 0 Å². The molecule has 6 heteroatoms. The molecule has 0 aliphatic carbocycles. The van der Waals surface area contributed by atoms with Crippen LogP contribution in [0.25, 0.3) is 0 Å². The van der Waals surface area contributed by atoms with Crippen molar-refractivity contribution in [3.8, 4) is 0 Å². The number of hydrogen-bond acceptors (Lipinski definition) is 5. The Kier molecular flexibility index (Phi) is 4.06. The van der Waals surface area contributed by atoms with Gasteiger partial charge in [-0.1, -0.05) is 12.0 Å². The quantitative estimate of drug-likeness (QED) is 0.666. The average Bonchev–Trinajstić information content (AvgIpc) is 2.52. The molecule has 1 aromatic heterocycles. The molecule has 1 aromatic rings. The molecule has 1 amide bonds. The molecule has 0 saturated carbocycles. The van der Waals surface area contributed by atoms with Crippen LogP contribution in [0.1, 0.15) is 19.2 Å². The zero-order chi connectivity index (χ0) is 10.4. The molecule has 0 aliphatic heterocycles. The fourth-order valence-corrected chi connectivity index (χ4v) is 0.889. The number of hydrogen-bond donors (Lipinski definition) is 2. The van der Waals surface area contributed by atoms with Crippen LogP contribution >= 0.6 is 0 Å². The fraction of sp³-hybridized carbons (Fsp3) is 0.625. The first-order valence-electron chi connectivity index (χ1n) is 4.53. The smallest absolute Gasteiger partial charge is 0.322 e. The van der Waals surface area contributed by atoms with Crippen molar-refractivity contribution in [3.05, 3.63) is 5.89 Å². The number of carbonyl (C=O) groups is 1. The summed E-state index contributed by atoms with van der Waals surface area (Å²) in [6.45, 7) is 4.77. The molecule has 6 nitrogen and oxygen atoms in total. The molecule has 0 spiro atoms. The zero-order valence-electron chi connectivity index (χ0n) is 8.33. The molecule has 0 radical (unpaired) electrons. The average molecular weight is 198 g/mol. The second-order valence-electron chi connectivity index (χ2n) is 2.85. The molecule has 0 unspecified atom stereocenters. The van der Waals surface area contributed by atoms with Crippen molar-refractivity contribution in [1.29, 1.82) is 0 Å². The maximum Gasteiger partial charge on any atom is 0.322 e. The van der Waals surface area contributed by atoms with Crippen molar-refractivity contribution in [2.45, 2.75) is 20.3 Å². The van der Waals surface area contributed by atoms with E-state index in [0.717, 1.165) is 13.0 Å². The summed E-state index contributed by atoms with van der Waals surface area (Å²) in [6, 6.07) is 0.144. The summed E-state index contributed by atoms with van der Waals surface area (Å²) in [7, 11) is 0. The van der Waals surface area contributed by atoms with Gasteiger partial charge in [0.1, 0.15) is 0 Å². The van der Waals surface area contributed by atoms with Gasteiger partial charge in [0, 0.05) is 6.92 Å². The molecule has 0 aliphatic rings. The Morgan fingerprint density at radius 3 is 2.86 bits per heavy atom. The number of anilines is 1. The summed E-state index contributed by atoms with van der Waals surface area (Å²) in [6.07, 6.45) is 0.993. The highest BCUT2D eigenvalue weighted by Crippen LogP contribution is 2.02. The number of carbonyl (C=O) groups excluding carboxylic acids is 1. The highest BCUT2D eigenvalue weighted by Gasteiger charge is 2.06. The molecule has 0 fully saturated rings. The van der Waals surface area contributed by atoms with Crippen LogP contribution in [0.2, 0.25) is 0 Å². The number of rotatable bonds is 5. The number of amides is 1. The summed E-state index contributed by atoms with van der Waals surface area (Å²) >= 11 is 0. The lowest BCUT2D eigenvalue weighted by molar-refractivity contribution is -0.115. The molecule has 0 aromatic carbocycles. The van der Waals surface area contributed by atoms with E-state index >= 15 is 0 Å². The van der Waals surface area contributed by atoms with Gasteiger partial charge >= 0.3 is 6.01 Å². The minimum absolute atomic E-state index is 0.144. The molecule has 14 heavy (non-hydrogen) atoms. The van der Waals surface area contributed by atoms with Gasteiger partial charge in [0.25, 0.3) is 0 Å². The standard InChI is InChI=1S/C8H14N4O2/c1-3-4-9-5-7(13)10-8-12-11-6(2)14-8/h9H,3-5H2,1-2H3,(H,10,12,13). The van der Waals surface area contributed by atoms with Gasteiger partial charge in [0.05, 0.1) is 6.54 Å². The normalized spacial score (nSPS) is 10.1. The highest BCUT2D eigenvalue weighted by atomic mass is 16.4. The molecule has 0 atom stereocenters. The van der Waals surface area contributed by atoms with Crippen LogP contribution in [0.3, 0.4) is 0 Å². The molecule has 0 bridgehead atoms. The van der Waals surface area contributed by atoms with Gasteiger partial charge in [-0.05, 0) is 13.0 Å². The van der Waals surface area contributed by atoms with Crippen LogP contribution in [-0.2, 0) is 4.79 Å². The molecular weight excluding hydrogens is 184 g/mol. The first kappa shape index (κ1) is 10.6. The van der Waals surface area contributed by atoms with Crippen LogP contribution in [0.15, 0.2) is 4.42 Å². The molecule has 78 valence electrons. The Balaban J connectivity index is 2.27. The minimum Gasteiger partial charge on any atom is -0.408 e. The van der Waals surface area contributed by atoms with E-state index in [1.54, 1.807) is 6.92 Å². The lowest BCUT2D eigenvalue weighted by Gasteiger charge is -2.01. The Hall–Kier alpha value is -1.43. The van der Waals surface area contributed by atoms with Gasteiger partial charge in [-0.3, -0.25) is 10.1 Å². The summed E-state index contributed by atoms with van der Waals surface area (Å²) in [4.78, 5) is 11.2. The first-order valence-corrected chi connectivity index (χ1v) is 4.53. The number of aromatic nitrogens is 2. The van der Waals surface area contributed by atoms with E-state index in [2.05, 4.69) is 20.8 Å². The maximum atomic E-state index is 11.2. The van der Waals surface area contributed by atoms with Gasteiger partial charge < -0.3 is 9.73 Å². The Morgan fingerprint density at radius 2 is 2.29 bits per heavy atom. The summed E-state index contributed by atoms with van der Waals surface area (Å²) in [5, 5.41) is 12.7. The number of aryl methyl sites for hydroxylation is 1. The SMILES string of the molecule is CCCNCC(=O)Nc1nnc(C)o1. The predicted molar refractivity (Wildman–Crippen MR) is 50.8 cm³/mol. The second kappa shape index (κ2) is 5.33. The molecule has 0 saturated heterocycles. The predicted octanol–water partition coefficient (Wildman–Crippen LogP) is 0.316. The lowest BCUT2D eigenvalue weighted by Crippen LogP contribution is -2.28. The Labute approximate surface area is 82.1 Å². The van der Waals surface area contributed by atoms with Crippen LogP contribution in [-0.4, -0.2) is 29.2 Å². The summed E-state index contributed by atoms with van der Waals surface area (Å²) < 4.78 is 4.98. The fourth-order valence-electron chi connectivity index (χ4n) is 0.889. The largest absolute Gasteiger partial charge is 0.408 e. The van der Waals surface area contributed by atoms with Gasteiger partial charge in [0.15, 0.2) is 0 Å². The van der Waals surface area contributed by atoms with Gasteiger partial charge in [-0.25, -0.2) is 0 Å². The van der Waals surface area contributed by atoms with Crippen molar-refractivity contribution in [2.75, 3.05) is 18.4 Å². The maximum absolute atomic E-state index is 11.2. The van der Waals surface area contributed by atoms with Gasteiger partial charge in [0.2, 0.25) is 11.8 Å². The van der Waals surface area contributed by atoms with E-state index in [1.165, 1.54) is 0 Å². The molecule has 1 rings (SSSR count). The first-order chi connectivity index (χ1) is 6.72. The van der Waals surface area contributed by atoms with E-state index in [0.29, 0.717) is 5.89 Å². The van der Waals surface area contributed by atoms with Crippen molar-refractivity contribution in [1.82, 2.24) is 15.5 Å². The van der Waals surface area contributed by atoms with Crippen LogP contribution in [0, 0.1) is 6.92 Å². The second-order valence-corrected chi connectivity index (χ2v) is 2.85. The van der Waals surface area contributed by atoms with E-state index in [-0.39, 0.29) is 18.5 Å². The third kappa shape index (κ3) is 3.53. The molecular formula is C8H14N4O2. The highest BCUT2D eigenvalue weighted by molar-refractivity contribution is 5.90. The minimum atomic E-state index is -0.179. The van der Waals surface area contributed by atoms with E-state index in [4.69, 9.17) is 4.42 Å². The molecule has 1 heterocycles. The van der Waals surface area contributed by atoms with Crippen molar-refractivity contribution >= 4 is 11.9 Å². The Morgan fingerprint density at radius 1 is 1.50 bits per heavy atom. The third-order valence-electron chi connectivity index (χ3n) is 1.48. The third-order valence-corrected chi connectivity index (χ3v) is 1.48. The van der Waals surface area contributed by atoms with Gasteiger partial charge in [-0.15, -0.1) is 5.10 Å². The van der Waals surface area contributed by atoms with Crippen LogP contribution in [0.5, 0.6) is 0 Å². The molecule has 2 N–H and O–H groups in total.